The molecule has 2 aromatic rings. The number of anilines is 1. The van der Waals surface area contributed by atoms with Crippen molar-refractivity contribution in [2.75, 3.05) is 11.9 Å². The molecule has 5 heteroatoms. The maximum atomic E-state index is 13.0. The molecule has 1 N–H and O–H groups in total. The summed E-state index contributed by atoms with van der Waals surface area (Å²) in [6, 6.07) is 11.2. The number of nitrogens with zero attached hydrogens (tertiary/aromatic N) is 1. The van der Waals surface area contributed by atoms with Crippen LogP contribution in [0.4, 0.5) is 5.69 Å². The number of benzene rings is 2. The van der Waals surface area contributed by atoms with Crippen molar-refractivity contribution in [2.24, 2.45) is 0 Å². The van der Waals surface area contributed by atoms with Crippen molar-refractivity contribution >= 4 is 34.7 Å². The number of imide groups is 1. The molecule has 0 atom stereocenters. The maximum absolute atomic E-state index is 13.0. The van der Waals surface area contributed by atoms with Gasteiger partial charge in [-0.1, -0.05) is 47.5 Å². The second-order valence-corrected chi connectivity index (χ2v) is 7.10. The Morgan fingerprint density at radius 3 is 2.44 bits per heavy atom. The molecule has 0 aromatic heterocycles. The van der Waals surface area contributed by atoms with Crippen molar-refractivity contribution in [1.29, 1.82) is 0 Å². The number of aryl methyl sites for hydroxylation is 3. The summed E-state index contributed by atoms with van der Waals surface area (Å²) in [4.78, 5) is 27.2. The molecule has 0 fully saturated rings. The van der Waals surface area contributed by atoms with Crippen LogP contribution in [0.1, 0.15) is 22.3 Å². The Kier molecular flexibility index (Phi) is 5.19. The molecule has 0 saturated carbocycles. The first kappa shape index (κ1) is 18.9. The SMILES string of the molecule is C=CCN1C(=O)C(Nc2cc(Cl)ccc2C)=C(c2ccc(C)cc2C)C1=O. The minimum Gasteiger partial charge on any atom is -0.350 e. The van der Waals surface area contributed by atoms with Crippen LogP contribution < -0.4 is 5.32 Å². The van der Waals surface area contributed by atoms with E-state index >= 15 is 0 Å². The molecule has 3 rings (SSSR count). The molecule has 0 aliphatic carbocycles. The van der Waals surface area contributed by atoms with Crippen molar-refractivity contribution in [2.45, 2.75) is 20.8 Å². The van der Waals surface area contributed by atoms with Crippen molar-refractivity contribution in [3.05, 3.63) is 82.0 Å². The summed E-state index contributed by atoms with van der Waals surface area (Å²) < 4.78 is 0. The Morgan fingerprint density at radius 1 is 1.04 bits per heavy atom. The molecular weight excluding hydrogens is 360 g/mol. The van der Waals surface area contributed by atoms with Crippen molar-refractivity contribution < 1.29 is 9.59 Å². The summed E-state index contributed by atoms with van der Waals surface area (Å²) in [5.74, 6) is -0.691. The third-order valence-corrected chi connectivity index (χ3v) is 4.83. The summed E-state index contributed by atoms with van der Waals surface area (Å²) in [6.07, 6.45) is 1.54. The monoisotopic (exact) mass is 380 g/mol. The number of amides is 2. The smallest absolute Gasteiger partial charge is 0.278 e. The predicted octanol–water partition coefficient (Wildman–Crippen LogP) is 4.64. The van der Waals surface area contributed by atoms with Crippen LogP contribution in [0.15, 0.2) is 54.8 Å². The van der Waals surface area contributed by atoms with Crippen molar-refractivity contribution in [1.82, 2.24) is 4.90 Å². The number of halogens is 1. The molecule has 0 spiro atoms. The van der Waals surface area contributed by atoms with Gasteiger partial charge >= 0.3 is 0 Å². The van der Waals surface area contributed by atoms with E-state index in [2.05, 4.69) is 11.9 Å². The molecule has 0 unspecified atom stereocenters. The van der Waals surface area contributed by atoms with Gasteiger partial charge in [-0.2, -0.15) is 0 Å². The minimum absolute atomic E-state index is 0.159. The fourth-order valence-electron chi connectivity index (χ4n) is 3.19. The molecule has 0 radical (unpaired) electrons. The first-order chi connectivity index (χ1) is 12.8. The lowest BCUT2D eigenvalue weighted by Gasteiger charge is -2.13. The van der Waals surface area contributed by atoms with Crippen molar-refractivity contribution in [3.8, 4) is 0 Å². The average molecular weight is 381 g/mol. The highest BCUT2D eigenvalue weighted by atomic mass is 35.5. The first-order valence-electron chi connectivity index (χ1n) is 8.65. The molecule has 2 aromatic carbocycles. The van der Waals surface area contributed by atoms with Gasteiger partial charge in [-0.15, -0.1) is 6.58 Å². The van der Waals surface area contributed by atoms with Gasteiger partial charge in [0.05, 0.1) is 5.57 Å². The highest BCUT2D eigenvalue weighted by Crippen LogP contribution is 2.33. The summed E-state index contributed by atoms with van der Waals surface area (Å²) >= 11 is 6.11. The van der Waals surface area contributed by atoms with E-state index in [-0.39, 0.29) is 24.1 Å². The quantitative estimate of drug-likeness (QED) is 0.607. The van der Waals surface area contributed by atoms with Gasteiger partial charge in [0.1, 0.15) is 5.70 Å². The van der Waals surface area contributed by atoms with E-state index in [9.17, 15) is 9.59 Å². The lowest BCUT2D eigenvalue weighted by molar-refractivity contribution is -0.136. The van der Waals surface area contributed by atoms with Crippen LogP contribution in [0.2, 0.25) is 5.02 Å². The van der Waals surface area contributed by atoms with E-state index in [0.717, 1.165) is 22.3 Å². The molecular formula is C22H21ClN2O2. The molecule has 0 bridgehead atoms. The zero-order valence-corrected chi connectivity index (χ0v) is 16.4. The van der Waals surface area contributed by atoms with E-state index in [1.165, 1.54) is 4.90 Å². The van der Waals surface area contributed by atoms with Gasteiger partial charge in [0.15, 0.2) is 0 Å². The van der Waals surface area contributed by atoms with Crippen LogP contribution in [0, 0.1) is 20.8 Å². The summed E-state index contributed by atoms with van der Waals surface area (Å²) in [5, 5.41) is 3.71. The number of nitrogens with one attached hydrogen (secondary N) is 1. The topological polar surface area (TPSA) is 49.4 Å². The minimum atomic E-state index is -0.366. The maximum Gasteiger partial charge on any atom is 0.278 e. The van der Waals surface area contributed by atoms with Gasteiger partial charge in [-0.05, 0) is 49.6 Å². The van der Waals surface area contributed by atoms with Crippen molar-refractivity contribution in [3.63, 3.8) is 0 Å². The van der Waals surface area contributed by atoms with Gasteiger partial charge in [-0.3, -0.25) is 14.5 Å². The summed E-state index contributed by atoms with van der Waals surface area (Å²) in [7, 11) is 0. The highest BCUT2D eigenvalue weighted by molar-refractivity contribution is 6.37. The van der Waals surface area contributed by atoms with Crippen LogP contribution in [0.25, 0.3) is 5.57 Å². The van der Waals surface area contributed by atoms with E-state index in [1.54, 1.807) is 18.2 Å². The third-order valence-electron chi connectivity index (χ3n) is 4.59. The average Bonchev–Trinajstić information content (AvgIpc) is 2.83. The van der Waals surface area contributed by atoms with E-state index in [4.69, 9.17) is 11.6 Å². The Morgan fingerprint density at radius 2 is 1.78 bits per heavy atom. The standard InChI is InChI=1S/C22H21ClN2O2/c1-5-10-25-21(26)19(17-9-6-13(2)11-15(17)4)20(22(25)27)24-18-12-16(23)8-7-14(18)3/h5-9,11-12,24H,1,10H2,2-4H3. The van der Waals surface area contributed by atoms with Gasteiger partial charge in [-0.25, -0.2) is 0 Å². The molecule has 27 heavy (non-hydrogen) atoms. The number of hydrogen-bond donors (Lipinski definition) is 1. The number of hydrogen-bond acceptors (Lipinski definition) is 3. The molecule has 4 nitrogen and oxygen atoms in total. The van der Waals surface area contributed by atoms with Gasteiger partial charge < -0.3 is 5.32 Å². The molecule has 138 valence electrons. The second-order valence-electron chi connectivity index (χ2n) is 6.66. The summed E-state index contributed by atoms with van der Waals surface area (Å²) in [6.45, 7) is 9.65. The van der Waals surface area contributed by atoms with E-state index < -0.39 is 0 Å². The van der Waals surface area contributed by atoms with Gasteiger partial charge in [0.25, 0.3) is 11.8 Å². The fraction of sp³-hybridized carbons (Fsp3) is 0.182. The first-order valence-corrected chi connectivity index (χ1v) is 9.03. The fourth-order valence-corrected chi connectivity index (χ4v) is 3.37. The number of carbonyl (C=O) groups is 2. The van der Waals surface area contributed by atoms with E-state index in [0.29, 0.717) is 16.3 Å². The molecule has 0 saturated heterocycles. The van der Waals surface area contributed by atoms with Crippen LogP contribution in [0.5, 0.6) is 0 Å². The van der Waals surface area contributed by atoms with Crippen LogP contribution in [-0.2, 0) is 9.59 Å². The predicted molar refractivity (Wildman–Crippen MR) is 110 cm³/mol. The Balaban J connectivity index is 2.17. The van der Waals surface area contributed by atoms with Gasteiger partial charge in [0, 0.05) is 17.3 Å². The highest BCUT2D eigenvalue weighted by Gasteiger charge is 2.39. The third kappa shape index (κ3) is 3.53. The largest absolute Gasteiger partial charge is 0.350 e. The molecule has 2 amide bonds. The summed E-state index contributed by atoms with van der Waals surface area (Å²) in [5.41, 5.74) is 5.03. The van der Waals surface area contributed by atoms with Gasteiger partial charge in [0.2, 0.25) is 0 Å². The van der Waals surface area contributed by atoms with Crippen LogP contribution >= 0.6 is 11.6 Å². The Labute approximate surface area is 164 Å². The lowest BCUT2D eigenvalue weighted by atomic mass is 9.97. The van der Waals surface area contributed by atoms with Crippen LogP contribution in [0.3, 0.4) is 0 Å². The number of carbonyl (C=O) groups excluding carboxylic acids is 2. The Hall–Kier alpha value is -2.85. The zero-order valence-electron chi connectivity index (χ0n) is 15.6. The van der Waals surface area contributed by atoms with E-state index in [1.807, 2.05) is 45.0 Å². The molecule has 1 aliphatic rings. The second kappa shape index (κ2) is 7.41. The number of rotatable bonds is 5. The molecule has 1 aliphatic heterocycles. The van der Waals surface area contributed by atoms with Crippen LogP contribution in [-0.4, -0.2) is 23.3 Å². The Bertz CT molecular complexity index is 992. The zero-order chi connectivity index (χ0) is 19.7. The molecule has 1 heterocycles. The lowest BCUT2D eigenvalue weighted by Crippen LogP contribution is -2.32. The normalized spacial score (nSPS) is 14.1.